The summed E-state index contributed by atoms with van der Waals surface area (Å²) in [5.74, 6) is -0.925. The minimum atomic E-state index is -0.955. The fourth-order valence-electron chi connectivity index (χ4n) is 5.75. The molecule has 38 heavy (non-hydrogen) atoms. The Labute approximate surface area is 222 Å². The van der Waals surface area contributed by atoms with Crippen molar-refractivity contribution in [1.82, 2.24) is 20.0 Å². The van der Waals surface area contributed by atoms with Gasteiger partial charge in [-0.2, -0.15) is 5.26 Å². The summed E-state index contributed by atoms with van der Waals surface area (Å²) in [6.07, 6.45) is 1.21. The van der Waals surface area contributed by atoms with E-state index in [1.807, 2.05) is 22.8 Å². The monoisotopic (exact) mass is 524 g/mol. The van der Waals surface area contributed by atoms with Crippen LogP contribution >= 0.6 is 0 Å². The van der Waals surface area contributed by atoms with Crippen LogP contribution in [0.4, 0.5) is 4.79 Å². The molecule has 0 aliphatic carbocycles. The van der Waals surface area contributed by atoms with Gasteiger partial charge in [0.25, 0.3) is 0 Å². The molecule has 2 bridgehead atoms. The van der Waals surface area contributed by atoms with Crippen LogP contribution in [-0.4, -0.2) is 87.9 Å². The number of ether oxygens (including phenoxy) is 1. The highest BCUT2D eigenvalue weighted by Crippen LogP contribution is 2.38. The number of alkyl carbamates (subject to hydrolysis) is 1. The number of nitrogens with one attached hydrogen (secondary N) is 1. The lowest BCUT2D eigenvalue weighted by Gasteiger charge is -2.39. The molecule has 1 unspecified atom stereocenters. The van der Waals surface area contributed by atoms with Crippen molar-refractivity contribution in [3.63, 3.8) is 0 Å². The molecule has 11 heteroatoms. The van der Waals surface area contributed by atoms with Crippen molar-refractivity contribution in [2.75, 3.05) is 19.6 Å². The third kappa shape index (κ3) is 5.60. The highest BCUT2D eigenvalue weighted by atomic mass is 16.6. The second-order valence-electron chi connectivity index (χ2n) is 11.3. The molecule has 0 saturated carbocycles. The van der Waals surface area contributed by atoms with Crippen molar-refractivity contribution in [2.45, 2.75) is 82.8 Å². The zero-order chi connectivity index (χ0) is 27.8. The Morgan fingerprint density at radius 3 is 2.66 bits per heavy atom. The predicted molar refractivity (Wildman–Crippen MR) is 137 cm³/mol. The summed E-state index contributed by atoms with van der Waals surface area (Å²) in [7, 11) is 0. The number of carbonyl (C=O) groups excluding carboxylic acids is 4. The van der Waals surface area contributed by atoms with Crippen LogP contribution in [0.15, 0.2) is 24.3 Å². The maximum Gasteiger partial charge on any atom is 0.408 e. The lowest BCUT2D eigenvalue weighted by Crippen LogP contribution is -2.59. The molecule has 4 rings (SSSR count). The summed E-state index contributed by atoms with van der Waals surface area (Å²) in [6, 6.07) is 6.91. The zero-order valence-corrected chi connectivity index (χ0v) is 22.3. The van der Waals surface area contributed by atoms with E-state index in [9.17, 15) is 24.4 Å². The van der Waals surface area contributed by atoms with Gasteiger partial charge in [-0.15, -0.1) is 0 Å². The predicted octanol–water partition coefficient (Wildman–Crippen LogP) is 1.54. The quantitative estimate of drug-likeness (QED) is 0.549. The smallest absolute Gasteiger partial charge is 0.408 e. The average molecular weight is 525 g/mol. The van der Waals surface area contributed by atoms with E-state index in [1.54, 1.807) is 39.0 Å². The molecule has 3 fully saturated rings. The largest absolute Gasteiger partial charge is 0.444 e. The van der Waals surface area contributed by atoms with Crippen LogP contribution in [0.5, 0.6) is 0 Å². The first-order valence-corrected chi connectivity index (χ1v) is 13.0. The number of rotatable bonds is 7. The number of carbonyl (C=O) groups is 4. The molecule has 3 heterocycles. The fraction of sp³-hybridized carbons (Fsp3) is 0.593. The molecule has 0 radical (unpaired) electrons. The number of piperazine rings is 1. The van der Waals surface area contributed by atoms with E-state index < -0.39 is 35.7 Å². The maximum atomic E-state index is 13.5. The molecule has 1 aromatic carbocycles. The van der Waals surface area contributed by atoms with Gasteiger partial charge in [0.15, 0.2) is 0 Å². The molecule has 5 atom stereocenters. The minimum absolute atomic E-state index is 0.0576. The Bertz CT molecular complexity index is 1160. The van der Waals surface area contributed by atoms with Gasteiger partial charge in [0.1, 0.15) is 17.7 Å². The van der Waals surface area contributed by atoms with Gasteiger partial charge < -0.3 is 25.6 Å². The van der Waals surface area contributed by atoms with Gasteiger partial charge in [0.2, 0.25) is 17.7 Å². The number of nitrogens with zero attached hydrogens (tertiary/aromatic N) is 4. The number of amides is 4. The normalized spacial score (nSPS) is 24.7. The topological polar surface area (TPSA) is 149 Å². The van der Waals surface area contributed by atoms with E-state index in [-0.39, 0.29) is 30.4 Å². The second kappa shape index (κ2) is 10.6. The molecule has 11 nitrogen and oxygen atoms in total. The van der Waals surface area contributed by atoms with Crippen molar-refractivity contribution < 1.29 is 23.9 Å². The van der Waals surface area contributed by atoms with E-state index in [1.165, 1.54) is 4.90 Å². The second-order valence-corrected chi connectivity index (χ2v) is 11.3. The first-order chi connectivity index (χ1) is 17.9. The highest BCUT2D eigenvalue weighted by molar-refractivity contribution is 5.93. The average Bonchev–Trinajstić information content (AvgIpc) is 3.56. The van der Waals surface area contributed by atoms with Gasteiger partial charge in [0.05, 0.1) is 18.2 Å². The summed E-state index contributed by atoms with van der Waals surface area (Å²) in [6.45, 7) is 8.27. The van der Waals surface area contributed by atoms with E-state index in [2.05, 4.69) is 11.4 Å². The molecule has 1 aromatic rings. The van der Waals surface area contributed by atoms with Crippen LogP contribution < -0.4 is 11.1 Å². The van der Waals surface area contributed by atoms with Crippen LogP contribution in [0.25, 0.3) is 0 Å². The molecule has 3 saturated heterocycles. The van der Waals surface area contributed by atoms with E-state index in [0.29, 0.717) is 31.5 Å². The molecule has 3 N–H and O–H groups in total. The molecule has 204 valence electrons. The standard InChI is InChI=1S/C27H36N6O5/c1-16(17-7-5-8-18(11-17)23(29)34)33-20-12-22(25(33)36)31(14-20)15-21(30-26(37)38-27(2,3)4)24(35)32-10-6-9-19(32)13-28/h5,7-8,11,16,19-22H,6,9-10,12,14-15H2,1-4H3,(H2,29,34)(H,30,37)/t16?,19-,20-,21-,22-/m0/s1. The SMILES string of the molecule is CC(c1cccc(C(N)=O)c1)N1C(=O)[C@@H]2C[C@H]1CN2C[C@H](NC(=O)OC(C)(C)C)C(=O)N1CCC[C@H]1C#N. The van der Waals surface area contributed by atoms with Crippen molar-refractivity contribution in [1.29, 1.82) is 5.26 Å². The molecular formula is C27H36N6O5. The van der Waals surface area contributed by atoms with Crippen LogP contribution in [0.2, 0.25) is 0 Å². The van der Waals surface area contributed by atoms with Gasteiger partial charge in [-0.25, -0.2) is 4.79 Å². The Balaban J connectivity index is 1.49. The lowest BCUT2D eigenvalue weighted by atomic mass is 10.0. The van der Waals surface area contributed by atoms with Crippen LogP contribution in [0.3, 0.4) is 0 Å². The van der Waals surface area contributed by atoms with Crippen LogP contribution in [0, 0.1) is 11.3 Å². The molecule has 3 aliphatic rings. The van der Waals surface area contributed by atoms with Gasteiger partial charge in [-0.3, -0.25) is 19.3 Å². The maximum absolute atomic E-state index is 13.5. The molecular weight excluding hydrogens is 488 g/mol. The van der Waals surface area contributed by atoms with Gasteiger partial charge >= 0.3 is 6.09 Å². The zero-order valence-electron chi connectivity index (χ0n) is 22.3. The number of fused-ring (bicyclic) bond motifs is 2. The fourth-order valence-corrected chi connectivity index (χ4v) is 5.75. The summed E-state index contributed by atoms with van der Waals surface area (Å²) in [5, 5.41) is 12.2. The summed E-state index contributed by atoms with van der Waals surface area (Å²) in [4.78, 5) is 56.5. The lowest BCUT2D eigenvalue weighted by molar-refractivity contribution is -0.141. The minimum Gasteiger partial charge on any atom is -0.444 e. The van der Waals surface area contributed by atoms with Crippen molar-refractivity contribution in [2.24, 2.45) is 5.73 Å². The Hall–Kier alpha value is -3.65. The summed E-state index contributed by atoms with van der Waals surface area (Å²) >= 11 is 0. The van der Waals surface area contributed by atoms with Gasteiger partial charge in [-0.05, 0) is 64.7 Å². The number of likely N-dealkylation sites (tertiary alicyclic amines) is 3. The Kier molecular flexibility index (Phi) is 7.65. The third-order valence-corrected chi connectivity index (χ3v) is 7.48. The van der Waals surface area contributed by atoms with Crippen molar-refractivity contribution in [3.8, 4) is 6.07 Å². The molecule has 0 spiro atoms. The van der Waals surface area contributed by atoms with E-state index in [4.69, 9.17) is 10.5 Å². The number of nitriles is 1. The van der Waals surface area contributed by atoms with E-state index in [0.717, 1.165) is 12.0 Å². The van der Waals surface area contributed by atoms with Crippen molar-refractivity contribution in [3.05, 3.63) is 35.4 Å². The van der Waals surface area contributed by atoms with E-state index >= 15 is 0 Å². The summed E-state index contributed by atoms with van der Waals surface area (Å²) < 4.78 is 5.39. The van der Waals surface area contributed by atoms with Crippen LogP contribution in [0.1, 0.15) is 68.9 Å². The molecule has 3 aliphatic heterocycles. The van der Waals surface area contributed by atoms with Gasteiger partial charge in [0, 0.05) is 31.2 Å². The molecule has 4 amide bonds. The number of hydrogen-bond donors (Lipinski definition) is 2. The Morgan fingerprint density at radius 2 is 2.03 bits per heavy atom. The highest BCUT2D eigenvalue weighted by Gasteiger charge is 2.52. The third-order valence-electron chi connectivity index (χ3n) is 7.48. The summed E-state index contributed by atoms with van der Waals surface area (Å²) in [5.41, 5.74) is 5.90. The van der Waals surface area contributed by atoms with Gasteiger partial charge in [-0.1, -0.05) is 12.1 Å². The Morgan fingerprint density at radius 1 is 1.29 bits per heavy atom. The van der Waals surface area contributed by atoms with Crippen molar-refractivity contribution >= 4 is 23.8 Å². The first kappa shape index (κ1) is 27.4. The number of nitrogens with two attached hydrogens (primary N) is 1. The molecule has 0 aromatic heterocycles. The first-order valence-electron chi connectivity index (χ1n) is 13.0. The van der Waals surface area contributed by atoms with Crippen LogP contribution in [-0.2, 0) is 14.3 Å². The number of primary amides is 1. The number of hydrogen-bond acceptors (Lipinski definition) is 7. The number of benzene rings is 1.